The number of aryl methyl sites for hydroxylation is 2. The Morgan fingerprint density at radius 3 is 2.14 bits per heavy atom. The lowest BCUT2D eigenvalue weighted by molar-refractivity contribution is 0.0951. The summed E-state index contributed by atoms with van der Waals surface area (Å²) in [5.74, 6) is -0.128. The molecular formula is C22H30N2O3S. The smallest absolute Gasteiger partial charge is 0.251 e. The van der Waals surface area contributed by atoms with Gasteiger partial charge >= 0.3 is 0 Å². The van der Waals surface area contributed by atoms with Gasteiger partial charge in [-0.15, -0.1) is 0 Å². The SMILES string of the molecule is CCc1ccc(CC)c(CNC(=O)c2ccc(N(CC)S(=O)(=O)CC)cc2)c1. The second kappa shape index (κ2) is 9.73. The molecule has 0 radical (unpaired) electrons. The van der Waals surface area contributed by atoms with Crippen LogP contribution < -0.4 is 9.62 Å². The van der Waals surface area contributed by atoms with Crippen LogP contribution in [0.15, 0.2) is 42.5 Å². The Balaban J connectivity index is 2.12. The van der Waals surface area contributed by atoms with Gasteiger partial charge in [-0.05, 0) is 67.6 Å². The van der Waals surface area contributed by atoms with Gasteiger partial charge in [0, 0.05) is 18.7 Å². The van der Waals surface area contributed by atoms with Crippen molar-refractivity contribution in [1.82, 2.24) is 5.32 Å². The topological polar surface area (TPSA) is 66.5 Å². The van der Waals surface area contributed by atoms with Crippen LogP contribution in [0.3, 0.4) is 0 Å². The summed E-state index contributed by atoms with van der Waals surface area (Å²) in [6.07, 6.45) is 1.88. The van der Waals surface area contributed by atoms with E-state index in [1.54, 1.807) is 38.1 Å². The van der Waals surface area contributed by atoms with Gasteiger partial charge in [0.05, 0.1) is 11.4 Å². The zero-order valence-corrected chi connectivity index (χ0v) is 18.0. The van der Waals surface area contributed by atoms with Gasteiger partial charge in [-0.1, -0.05) is 32.0 Å². The zero-order valence-electron chi connectivity index (χ0n) is 17.2. The number of carbonyl (C=O) groups excluding carboxylic acids is 1. The van der Waals surface area contributed by atoms with Crippen molar-refractivity contribution in [3.8, 4) is 0 Å². The molecule has 2 aromatic rings. The van der Waals surface area contributed by atoms with E-state index in [0.717, 1.165) is 18.4 Å². The molecule has 1 amide bonds. The van der Waals surface area contributed by atoms with Gasteiger partial charge in [0.1, 0.15) is 0 Å². The maximum absolute atomic E-state index is 12.5. The number of sulfonamides is 1. The summed E-state index contributed by atoms with van der Waals surface area (Å²) in [7, 11) is -3.32. The van der Waals surface area contributed by atoms with Crippen LogP contribution in [0.4, 0.5) is 5.69 Å². The fraction of sp³-hybridized carbons (Fsp3) is 0.409. The molecule has 0 heterocycles. The van der Waals surface area contributed by atoms with Gasteiger partial charge in [-0.3, -0.25) is 9.10 Å². The summed E-state index contributed by atoms with van der Waals surface area (Å²) in [5.41, 5.74) is 4.71. The first kappa shape index (κ1) is 22.0. The minimum Gasteiger partial charge on any atom is -0.348 e. The van der Waals surface area contributed by atoms with Crippen molar-refractivity contribution < 1.29 is 13.2 Å². The lowest BCUT2D eigenvalue weighted by atomic mass is 10.0. The number of amides is 1. The predicted octanol–water partition coefficient (Wildman–Crippen LogP) is 3.92. The Labute approximate surface area is 168 Å². The molecule has 6 heteroatoms. The second-order valence-corrected chi connectivity index (χ2v) is 8.79. The van der Waals surface area contributed by atoms with E-state index in [-0.39, 0.29) is 11.7 Å². The van der Waals surface area contributed by atoms with Crippen molar-refractivity contribution in [1.29, 1.82) is 0 Å². The first-order chi connectivity index (χ1) is 13.4. The molecule has 0 aromatic heterocycles. The standard InChI is InChI=1S/C22H30N2O3S/c1-5-17-9-10-18(6-2)20(15-17)16-23-22(25)19-11-13-21(14-12-19)24(7-3)28(26,27)8-4/h9-15H,5-8,16H2,1-4H3,(H,23,25). The number of hydrogen-bond acceptors (Lipinski definition) is 3. The van der Waals surface area contributed by atoms with Crippen molar-refractivity contribution in [2.24, 2.45) is 0 Å². The van der Waals surface area contributed by atoms with E-state index in [4.69, 9.17) is 0 Å². The van der Waals surface area contributed by atoms with Gasteiger partial charge in [-0.2, -0.15) is 0 Å². The molecule has 5 nitrogen and oxygen atoms in total. The number of hydrogen-bond donors (Lipinski definition) is 1. The third kappa shape index (κ3) is 5.13. The Hall–Kier alpha value is -2.34. The molecule has 28 heavy (non-hydrogen) atoms. The van der Waals surface area contributed by atoms with E-state index in [9.17, 15) is 13.2 Å². The molecule has 0 atom stereocenters. The summed E-state index contributed by atoms with van der Waals surface area (Å²) >= 11 is 0. The quantitative estimate of drug-likeness (QED) is 0.691. The second-order valence-electron chi connectivity index (χ2n) is 6.61. The van der Waals surface area contributed by atoms with Crippen LogP contribution in [-0.4, -0.2) is 26.6 Å². The molecule has 2 rings (SSSR count). The number of carbonyl (C=O) groups is 1. The summed E-state index contributed by atoms with van der Waals surface area (Å²) in [6, 6.07) is 13.1. The zero-order chi connectivity index (χ0) is 20.7. The Morgan fingerprint density at radius 1 is 0.929 bits per heavy atom. The van der Waals surface area contributed by atoms with Crippen molar-refractivity contribution in [2.75, 3.05) is 16.6 Å². The molecule has 0 aliphatic rings. The van der Waals surface area contributed by atoms with Gasteiger partial charge in [0.2, 0.25) is 10.0 Å². The molecule has 1 N–H and O–H groups in total. The normalized spacial score (nSPS) is 11.3. The first-order valence-corrected chi connectivity index (χ1v) is 11.5. The maximum Gasteiger partial charge on any atom is 0.251 e. The number of benzene rings is 2. The molecule has 0 aliphatic carbocycles. The van der Waals surface area contributed by atoms with E-state index in [2.05, 4.69) is 37.4 Å². The van der Waals surface area contributed by atoms with Crippen molar-refractivity contribution in [2.45, 2.75) is 47.1 Å². The van der Waals surface area contributed by atoms with Crippen LogP contribution in [0, 0.1) is 0 Å². The van der Waals surface area contributed by atoms with Crippen LogP contribution in [0.1, 0.15) is 54.7 Å². The average molecular weight is 403 g/mol. The molecule has 2 aromatic carbocycles. The van der Waals surface area contributed by atoms with E-state index < -0.39 is 10.0 Å². The third-order valence-electron chi connectivity index (χ3n) is 4.90. The van der Waals surface area contributed by atoms with Crippen molar-refractivity contribution >= 4 is 21.6 Å². The Morgan fingerprint density at radius 2 is 1.61 bits per heavy atom. The summed E-state index contributed by atoms with van der Waals surface area (Å²) in [6.45, 7) is 8.47. The Bertz CT molecular complexity index is 906. The fourth-order valence-electron chi connectivity index (χ4n) is 3.16. The molecule has 0 unspecified atom stereocenters. The summed E-state index contributed by atoms with van der Waals surface area (Å²) < 4.78 is 25.7. The summed E-state index contributed by atoms with van der Waals surface area (Å²) in [5, 5.41) is 2.97. The first-order valence-electron chi connectivity index (χ1n) is 9.85. The summed E-state index contributed by atoms with van der Waals surface area (Å²) in [4.78, 5) is 12.5. The predicted molar refractivity (Wildman–Crippen MR) is 115 cm³/mol. The molecule has 0 saturated heterocycles. The highest BCUT2D eigenvalue weighted by Crippen LogP contribution is 2.19. The van der Waals surface area contributed by atoms with Crippen LogP contribution in [0.2, 0.25) is 0 Å². The molecule has 0 spiro atoms. The molecule has 0 bridgehead atoms. The molecule has 0 fully saturated rings. The highest BCUT2D eigenvalue weighted by Gasteiger charge is 2.19. The van der Waals surface area contributed by atoms with Crippen LogP contribution in [0.5, 0.6) is 0 Å². The van der Waals surface area contributed by atoms with E-state index >= 15 is 0 Å². The van der Waals surface area contributed by atoms with E-state index in [1.807, 2.05) is 0 Å². The minimum atomic E-state index is -3.32. The van der Waals surface area contributed by atoms with Crippen molar-refractivity contribution in [3.63, 3.8) is 0 Å². The molecule has 0 saturated carbocycles. The van der Waals surface area contributed by atoms with Crippen LogP contribution in [-0.2, 0) is 29.4 Å². The van der Waals surface area contributed by atoms with E-state index in [0.29, 0.717) is 24.3 Å². The lowest BCUT2D eigenvalue weighted by Crippen LogP contribution is -2.32. The average Bonchev–Trinajstić information content (AvgIpc) is 2.72. The molecule has 0 aliphatic heterocycles. The molecule has 152 valence electrons. The lowest BCUT2D eigenvalue weighted by Gasteiger charge is -2.22. The molecular weight excluding hydrogens is 372 g/mol. The maximum atomic E-state index is 12.5. The van der Waals surface area contributed by atoms with Gasteiger partial charge < -0.3 is 5.32 Å². The Kier molecular flexibility index (Phi) is 7.63. The van der Waals surface area contributed by atoms with Crippen LogP contribution >= 0.6 is 0 Å². The monoisotopic (exact) mass is 402 g/mol. The number of rotatable bonds is 9. The highest BCUT2D eigenvalue weighted by molar-refractivity contribution is 7.92. The number of nitrogens with one attached hydrogen (secondary N) is 1. The van der Waals surface area contributed by atoms with Gasteiger partial charge in [0.25, 0.3) is 5.91 Å². The number of nitrogens with zero attached hydrogens (tertiary/aromatic N) is 1. The largest absolute Gasteiger partial charge is 0.348 e. The third-order valence-corrected chi connectivity index (χ3v) is 6.77. The fourth-order valence-corrected chi connectivity index (χ4v) is 4.31. The minimum absolute atomic E-state index is 0.0413. The highest BCUT2D eigenvalue weighted by atomic mass is 32.2. The van der Waals surface area contributed by atoms with E-state index in [1.165, 1.54) is 15.4 Å². The number of anilines is 1. The van der Waals surface area contributed by atoms with Crippen LogP contribution in [0.25, 0.3) is 0 Å². The van der Waals surface area contributed by atoms with Crippen molar-refractivity contribution in [3.05, 3.63) is 64.7 Å². The van der Waals surface area contributed by atoms with Gasteiger partial charge in [0.15, 0.2) is 0 Å². The van der Waals surface area contributed by atoms with Gasteiger partial charge in [-0.25, -0.2) is 8.42 Å².